The van der Waals surface area contributed by atoms with E-state index in [1.165, 1.54) is 12.8 Å². The molecule has 0 unspecified atom stereocenters. The van der Waals surface area contributed by atoms with E-state index in [1.54, 1.807) is 7.05 Å². The number of carbonyl (C=O) groups excluding carboxylic acids is 2. The maximum absolute atomic E-state index is 12.0. The Morgan fingerprint density at radius 1 is 1.18 bits per heavy atom. The second-order valence-corrected chi connectivity index (χ2v) is 5.19. The zero-order valence-corrected chi connectivity index (χ0v) is 14.0. The van der Waals surface area contributed by atoms with Gasteiger partial charge in [-0.3, -0.25) is 9.59 Å². The lowest BCUT2D eigenvalue weighted by Crippen LogP contribution is -2.52. The highest BCUT2D eigenvalue weighted by atomic mass is 16.2. The predicted octanol–water partition coefficient (Wildman–Crippen LogP) is 1.51. The second kappa shape index (κ2) is 14.5. The first-order valence-electron chi connectivity index (χ1n) is 7.90. The van der Waals surface area contributed by atoms with Gasteiger partial charge >= 0.3 is 0 Å². The van der Waals surface area contributed by atoms with Crippen LogP contribution in [0.15, 0.2) is 13.2 Å². The quantitative estimate of drug-likeness (QED) is 0.510. The Kier molecular flexibility index (Phi) is 15.1. The average Bonchev–Trinajstić information content (AvgIpc) is 2.80. The normalized spacial score (nSPS) is 16.1. The number of rotatable bonds is 6. The highest BCUT2D eigenvalue weighted by Gasteiger charge is 2.29. The van der Waals surface area contributed by atoms with Crippen molar-refractivity contribution in [2.45, 2.75) is 51.5 Å². The molecule has 0 aromatic rings. The molecule has 0 spiro atoms. The summed E-state index contributed by atoms with van der Waals surface area (Å²) in [5, 5.41) is 8.54. The number of nitrogens with one attached hydrogen (secondary N) is 3. The SMILES string of the molecule is C=C.CCNCC(=O)N[C@H](C(=O)NC)C1CCCCCC1.O.[HH].[HH].[HH]. The molecule has 1 rings (SSSR count). The van der Waals surface area contributed by atoms with Crippen LogP contribution in [-0.2, 0) is 9.59 Å². The van der Waals surface area contributed by atoms with E-state index in [2.05, 4.69) is 29.1 Å². The maximum Gasteiger partial charge on any atom is 0.242 e. The third-order valence-electron chi connectivity index (χ3n) is 3.75. The summed E-state index contributed by atoms with van der Waals surface area (Å²) in [6.45, 7) is 8.98. The summed E-state index contributed by atoms with van der Waals surface area (Å²) in [5.74, 6) is 0.101. The Hall–Kier alpha value is -1.40. The van der Waals surface area contributed by atoms with Gasteiger partial charge in [-0.25, -0.2) is 0 Å². The van der Waals surface area contributed by atoms with Gasteiger partial charge in [0.05, 0.1) is 6.54 Å². The van der Waals surface area contributed by atoms with Gasteiger partial charge < -0.3 is 21.4 Å². The predicted molar refractivity (Wildman–Crippen MR) is 96.9 cm³/mol. The fourth-order valence-electron chi connectivity index (χ4n) is 2.66. The van der Waals surface area contributed by atoms with Crippen molar-refractivity contribution in [3.05, 3.63) is 13.2 Å². The van der Waals surface area contributed by atoms with E-state index in [9.17, 15) is 9.59 Å². The molecule has 1 fully saturated rings. The van der Waals surface area contributed by atoms with Crippen LogP contribution in [0.3, 0.4) is 0 Å². The minimum Gasteiger partial charge on any atom is -0.412 e. The Morgan fingerprint density at radius 2 is 1.73 bits per heavy atom. The number of carbonyl (C=O) groups is 2. The van der Waals surface area contributed by atoms with Crippen molar-refractivity contribution in [1.82, 2.24) is 16.0 Å². The van der Waals surface area contributed by atoms with E-state index in [0.717, 1.165) is 32.2 Å². The number of hydrogen-bond acceptors (Lipinski definition) is 3. The number of likely N-dealkylation sites (N-methyl/N-ethyl adjacent to an activating group) is 2. The van der Waals surface area contributed by atoms with Crippen LogP contribution in [0, 0.1) is 5.92 Å². The molecule has 0 saturated heterocycles. The second-order valence-electron chi connectivity index (χ2n) is 5.19. The Balaban J connectivity index is -0.000000214. The molecule has 2 amide bonds. The zero-order valence-electron chi connectivity index (χ0n) is 14.0. The summed E-state index contributed by atoms with van der Waals surface area (Å²) in [4.78, 5) is 23.8. The first-order chi connectivity index (χ1) is 10.2. The van der Waals surface area contributed by atoms with Crippen LogP contribution < -0.4 is 16.0 Å². The summed E-state index contributed by atoms with van der Waals surface area (Å²) < 4.78 is 0. The minimum absolute atomic E-state index is 0. The third kappa shape index (κ3) is 8.79. The van der Waals surface area contributed by atoms with E-state index < -0.39 is 0 Å². The van der Waals surface area contributed by atoms with Gasteiger partial charge in [0, 0.05) is 11.3 Å². The molecular formula is C16H39N3O3. The van der Waals surface area contributed by atoms with Crippen molar-refractivity contribution in [3.63, 3.8) is 0 Å². The molecule has 6 nitrogen and oxygen atoms in total. The molecule has 5 N–H and O–H groups in total. The molecule has 136 valence electrons. The molecule has 0 aliphatic heterocycles. The lowest BCUT2D eigenvalue weighted by Gasteiger charge is -2.25. The molecule has 0 aromatic heterocycles. The topological polar surface area (TPSA) is 102 Å². The van der Waals surface area contributed by atoms with Crippen LogP contribution in [0.2, 0.25) is 0 Å². The molecular weight excluding hydrogens is 282 g/mol. The monoisotopic (exact) mass is 321 g/mol. The van der Waals surface area contributed by atoms with Crippen LogP contribution >= 0.6 is 0 Å². The Labute approximate surface area is 138 Å². The standard InChI is InChI=1S/C14H27N3O2.C2H4.H2O.3H2/c1-3-16-10-12(18)17-13(14(19)15-2)11-8-6-4-5-7-9-11;1-2;;;;/h11,13,16H,3-10H2,1-2H3,(H,15,19)(H,17,18);1-2H2;1H2;3*1H/t13-;;;;;/m0...../s1. The van der Waals surface area contributed by atoms with E-state index in [4.69, 9.17) is 0 Å². The third-order valence-corrected chi connectivity index (χ3v) is 3.75. The molecule has 22 heavy (non-hydrogen) atoms. The average molecular weight is 322 g/mol. The number of amides is 2. The van der Waals surface area contributed by atoms with Crippen molar-refractivity contribution >= 4 is 11.8 Å². The van der Waals surface area contributed by atoms with Gasteiger partial charge in [0.15, 0.2) is 0 Å². The molecule has 1 atom stereocenters. The van der Waals surface area contributed by atoms with Crippen LogP contribution in [0.1, 0.15) is 49.7 Å². The molecule has 1 aliphatic carbocycles. The van der Waals surface area contributed by atoms with Crippen LogP contribution in [0.5, 0.6) is 0 Å². The van der Waals surface area contributed by atoms with Gasteiger partial charge in [-0.2, -0.15) is 0 Å². The van der Waals surface area contributed by atoms with Crippen molar-refractivity contribution in [3.8, 4) is 0 Å². The van der Waals surface area contributed by atoms with Gasteiger partial charge in [-0.05, 0) is 25.3 Å². The van der Waals surface area contributed by atoms with Crippen LogP contribution in [-0.4, -0.2) is 43.5 Å². The van der Waals surface area contributed by atoms with E-state index in [-0.39, 0.29) is 40.1 Å². The van der Waals surface area contributed by atoms with Crippen molar-refractivity contribution in [2.24, 2.45) is 5.92 Å². The van der Waals surface area contributed by atoms with Crippen molar-refractivity contribution < 1.29 is 19.3 Å². The van der Waals surface area contributed by atoms with Crippen LogP contribution in [0.4, 0.5) is 0 Å². The van der Waals surface area contributed by atoms with E-state index in [0.29, 0.717) is 0 Å². The summed E-state index contributed by atoms with van der Waals surface area (Å²) in [5.41, 5.74) is 0. The molecule has 0 heterocycles. The maximum atomic E-state index is 12.0. The largest absolute Gasteiger partial charge is 0.412 e. The lowest BCUT2D eigenvalue weighted by molar-refractivity contribution is -0.129. The van der Waals surface area contributed by atoms with E-state index in [1.807, 2.05) is 6.92 Å². The van der Waals surface area contributed by atoms with Gasteiger partial charge in [0.1, 0.15) is 6.04 Å². The van der Waals surface area contributed by atoms with Crippen molar-refractivity contribution in [1.29, 1.82) is 0 Å². The van der Waals surface area contributed by atoms with E-state index >= 15 is 0 Å². The minimum atomic E-state index is -0.380. The summed E-state index contributed by atoms with van der Waals surface area (Å²) >= 11 is 0. The molecule has 1 aliphatic rings. The zero-order chi connectivity index (χ0) is 16.1. The highest BCUT2D eigenvalue weighted by molar-refractivity contribution is 5.88. The first kappa shape index (κ1) is 22.9. The molecule has 1 saturated carbocycles. The highest BCUT2D eigenvalue weighted by Crippen LogP contribution is 2.25. The van der Waals surface area contributed by atoms with Gasteiger partial charge in [-0.1, -0.05) is 32.6 Å². The van der Waals surface area contributed by atoms with Gasteiger partial charge in [-0.15, -0.1) is 13.2 Å². The van der Waals surface area contributed by atoms with Gasteiger partial charge in [0.2, 0.25) is 11.8 Å². The van der Waals surface area contributed by atoms with Gasteiger partial charge in [0.25, 0.3) is 0 Å². The van der Waals surface area contributed by atoms with Crippen LogP contribution in [0.25, 0.3) is 0 Å². The fourth-order valence-corrected chi connectivity index (χ4v) is 2.66. The fraction of sp³-hybridized carbons (Fsp3) is 0.750. The molecule has 0 radical (unpaired) electrons. The Bertz CT molecular complexity index is 316. The Morgan fingerprint density at radius 3 is 2.18 bits per heavy atom. The molecule has 6 heteroatoms. The molecule has 0 bridgehead atoms. The van der Waals surface area contributed by atoms with Crippen molar-refractivity contribution in [2.75, 3.05) is 20.1 Å². The smallest absolute Gasteiger partial charge is 0.242 e. The first-order valence-corrected chi connectivity index (χ1v) is 7.90. The number of hydrogen-bond donors (Lipinski definition) is 3. The summed E-state index contributed by atoms with van der Waals surface area (Å²) in [6.07, 6.45) is 6.84. The summed E-state index contributed by atoms with van der Waals surface area (Å²) in [7, 11) is 1.63. The summed E-state index contributed by atoms with van der Waals surface area (Å²) in [6, 6.07) is -0.380. The lowest BCUT2D eigenvalue weighted by atomic mass is 9.91. The molecule has 0 aromatic carbocycles.